The van der Waals surface area contributed by atoms with Gasteiger partial charge in [-0.05, 0) is 44.0 Å². The van der Waals surface area contributed by atoms with E-state index < -0.39 is 0 Å². The Labute approximate surface area is 171 Å². The van der Waals surface area contributed by atoms with Gasteiger partial charge in [0.25, 0.3) is 6.02 Å². The van der Waals surface area contributed by atoms with Gasteiger partial charge in [-0.3, -0.25) is 10.2 Å². The molecule has 6 nitrogen and oxygen atoms in total. The molecule has 0 radical (unpaired) electrons. The Balaban J connectivity index is 0.00000109. The average Bonchev–Trinajstić information content (AvgIpc) is 2.76. The minimum atomic E-state index is 0.193. The van der Waals surface area contributed by atoms with Crippen LogP contribution in [-0.4, -0.2) is 53.7 Å². The van der Waals surface area contributed by atoms with Gasteiger partial charge in [0.1, 0.15) is 18.2 Å². The Morgan fingerprint density at radius 3 is 2.68 bits per heavy atom. The first-order valence-electron chi connectivity index (χ1n) is 9.25. The predicted octanol–water partition coefficient (Wildman–Crippen LogP) is 3.55. The van der Waals surface area contributed by atoms with Gasteiger partial charge in [0.2, 0.25) is 0 Å². The molecule has 2 aromatic rings. The second kappa shape index (κ2) is 9.54. The number of nitrogens with zero attached hydrogens (tertiary/aromatic N) is 4. The highest BCUT2D eigenvalue weighted by atomic mass is 35.5. The number of rotatable bonds is 3. The normalized spacial score (nSPS) is 23.4. The fourth-order valence-corrected chi connectivity index (χ4v) is 3.86. The van der Waals surface area contributed by atoms with Gasteiger partial charge < -0.3 is 4.74 Å². The summed E-state index contributed by atoms with van der Waals surface area (Å²) in [6.45, 7) is 3.35. The number of aliphatic imine (C=N–C) groups is 1. The number of benzene rings is 1. The highest BCUT2D eigenvalue weighted by Crippen LogP contribution is 2.30. The minimum absolute atomic E-state index is 0.193. The van der Waals surface area contributed by atoms with Crippen molar-refractivity contribution < 1.29 is 4.74 Å². The van der Waals surface area contributed by atoms with Gasteiger partial charge >= 0.3 is 0 Å². The molecule has 0 amide bonds. The SMILES string of the molecule is C#C.CN=C(Nc1cc(-c2cccc(Cl)c2)ncn1)O[C@H]1CN2CCC1CC2. The van der Waals surface area contributed by atoms with E-state index in [9.17, 15) is 0 Å². The van der Waals surface area contributed by atoms with Crippen LogP contribution in [0.2, 0.25) is 5.02 Å². The number of fused-ring (bicyclic) bond motifs is 3. The van der Waals surface area contributed by atoms with E-state index in [1.165, 1.54) is 32.3 Å². The summed E-state index contributed by atoms with van der Waals surface area (Å²) in [7, 11) is 1.72. The number of nitrogens with one attached hydrogen (secondary N) is 1. The van der Waals surface area contributed by atoms with Crippen molar-refractivity contribution in [2.45, 2.75) is 18.9 Å². The number of piperidine rings is 3. The molecule has 0 spiro atoms. The molecule has 3 aliphatic rings. The molecule has 1 aromatic heterocycles. The van der Waals surface area contributed by atoms with Gasteiger partial charge in [-0.15, -0.1) is 12.8 Å². The van der Waals surface area contributed by atoms with E-state index >= 15 is 0 Å². The molecule has 5 rings (SSSR count). The summed E-state index contributed by atoms with van der Waals surface area (Å²) < 4.78 is 6.16. The molecule has 3 aliphatic heterocycles. The zero-order chi connectivity index (χ0) is 19.9. The van der Waals surface area contributed by atoms with Gasteiger partial charge in [0, 0.05) is 30.2 Å². The third-order valence-electron chi connectivity index (χ3n) is 5.08. The van der Waals surface area contributed by atoms with Crippen molar-refractivity contribution in [2.24, 2.45) is 10.9 Å². The molecule has 1 N–H and O–H groups in total. The van der Waals surface area contributed by atoms with E-state index in [0.29, 0.717) is 22.8 Å². The number of hydrogen-bond acceptors (Lipinski definition) is 5. The largest absolute Gasteiger partial charge is 0.460 e. The van der Waals surface area contributed by atoms with Crippen LogP contribution >= 0.6 is 11.6 Å². The van der Waals surface area contributed by atoms with Crippen molar-refractivity contribution in [3.63, 3.8) is 0 Å². The van der Waals surface area contributed by atoms with E-state index in [2.05, 4.69) is 38.0 Å². The van der Waals surface area contributed by atoms with E-state index in [1.807, 2.05) is 30.3 Å². The van der Waals surface area contributed by atoms with Crippen molar-refractivity contribution in [1.82, 2.24) is 14.9 Å². The number of aromatic nitrogens is 2. The van der Waals surface area contributed by atoms with Gasteiger partial charge in [0.05, 0.1) is 5.69 Å². The van der Waals surface area contributed by atoms with Crippen LogP contribution in [0, 0.1) is 18.8 Å². The molecule has 1 aromatic carbocycles. The molecular formula is C21H24ClN5O. The molecule has 7 heteroatoms. The molecule has 3 saturated heterocycles. The Bertz CT molecular complexity index is 845. The number of ether oxygens (including phenoxy) is 1. The van der Waals surface area contributed by atoms with Crippen LogP contribution in [0.1, 0.15) is 12.8 Å². The van der Waals surface area contributed by atoms with Gasteiger partial charge in [-0.1, -0.05) is 23.7 Å². The lowest BCUT2D eigenvalue weighted by molar-refractivity contribution is -0.0146. The molecule has 28 heavy (non-hydrogen) atoms. The Hall–Kier alpha value is -2.62. The van der Waals surface area contributed by atoms with Crippen LogP contribution in [0.5, 0.6) is 0 Å². The topological polar surface area (TPSA) is 62.6 Å². The second-order valence-corrected chi connectivity index (χ2v) is 7.18. The number of terminal acetylenes is 1. The van der Waals surface area contributed by atoms with Crippen LogP contribution in [0.25, 0.3) is 11.3 Å². The summed E-state index contributed by atoms with van der Waals surface area (Å²) in [5.74, 6) is 1.27. The van der Waals surface area contributed by atoms with E-state index in [4.69, 9.17) is 16.3 Å². The van der Waals surface area contributed by atoms with Crippen molar-refractivity contribution in [3.05, 3.63) is 41.7 Å². The summed E-state index contributed by atoms with van der Waals surface area (Å²) in [4.78, 5) is 15.3. The second-order valence-electron chi connectivity index (χ2n) is 6.75. The third kappa shape index (κ3) is 4.80. The monoisotopic (exact) mass is 397 g/mol. The summed E-state index contributed by atoms with van der Waals surface area (Å²) in [5.41, 5.74) is 1.74. The fraction of sp³-hybridized carbons (Fsp3) is 0.381. The maximum absolute atomic E-state index is 6.16. The zero-order valence-electron chi connectivity index (χ0n) is 15.9. The Kier molecular flexibility index (Phi) is 6.85. The van der Waals surface area contributed by atoms with Crippen LogP contribution in [0.3, 0.4) is 0 Å². The molecule has 4 heterocycles. The summed E-state index contributed by atoms with van der Waals surface area (Å²) in [6.07, 6.45) is 12.1. The Morgan fingerprint density at radius 2 is 2.04 bits per heavy atom. The quantitative estimate of drug-likeness (QED) is 0.487. The molecule has 146 valence electrons. The first-order valence-corrected chi connectivity index (χ1v) is 9.63. The van der Waals surface area contributed by atoms with Crippen molar-refractivity contribution in [3.8, 4) is 24.1 Å². The maximum Gasteiger partial charge on any atom is 0.290 e. The molecular weight excluding hydrogens is 374 g/mol. The first-order chi connectivity index (χ1) is 13.7. The standard InChI is InChI=1S/C19H22ClN5O.C2H2/c1-21-19(26-17-11-25-7-5-13(17)6-8-25)24-18-10-16(22-12-23-18)14-3-2-4-15(20)9-14;1-2/h2-4,9-10,12-13,17H,5-8,11H2,1H3,(H,21,22,23,24);1-2H/t17-;/m0./s1. The van der Waals surface area contributed by atoms with E-state index in [1.54, 1.807) is 7.05 Å². The fourth-order valence-electron chi connectivity index (χ4n) is 3.67. The zero-order valence-corrected chi connectivity index (χ0v) is 16.6. The van der Waals surface area contributed by atoms with Crippen molar-refractivity contribution in [2.75, 3.05) is 32.0 Å². The highest BCUT2D eigenvalue weighted by molar-refractivity contribution is 6.30. The lowest BCUT2D eigenvalue weighted by Crippen LogP contribution is -2.52. The molecule has 2 bridgehead atoms. The lowest BCUT2D eigenvalue weighted by Gasteiger charge is -2.44. The Morgan fingerprint density at radius 1 is 1.25 bits per heavy atom. The number of amidine groups is 1. The first kappa shape index (κ1) is 20.1. The van der Waals surface area contributed by atoms with Crippen molar-refractivity contribution >= 4 is 23.4 Å². The molecule has 1 atom stereocenters. The van der Waals surface area contributed by atoms with Gasteiger partial charge in [-0.25, -0.2) is 15.0 Å². The van der Waals surface area contributed by atoms with Crippen LogP contribution < -0.4 is 5.32 Å². The summed E-state index contributed by atoms with van der Waals surface area (Å²) >= 11 is 6.08. The van der Waals surface area contributed by atoms with Gasteiger partial charge in [0.15, 0.2) is 0 Å². The molecule has 3 fully saturated rings. The van der Waals surface area contributed by atoms with Crippen LogP contribution in [0.4, 0.5) is 5.82 Å². The predicted molar refractivity (Wildman–Crippen MR) is 113 cm³/mol. The van der Waals surface area contributed by atoms with Crippen LogP contribution in [-0.2, 0) is 4.74 Å². The number of anilines is 1. The average molecular weight is 398 g/mol. The van der Waals surface area contributed by atoms with Crippen LogP contribution in [0.15, 0.2) is 41.7 Å². The number of hydrogen-bond donors (Lipinski definition) is 1. The molecule has 0 saturated carbocycles. The molecule has 0 aliphatic carbocycles. The minimum Gasteiger partial charge on any atom is -0.460 e. The van der Waals surface area contributed by atoms with E-state index in [-0.39, 0.29) is 6.10 Å². The van der Waals surface area contributed by atoms with E-state index in [0.717, 1.165) is 17.8 Å². The summed E-state index contributed by atoms with van der Waals surface area (Å²) in [5, 5.41) is 3.86. The summed E-state index contributed by atoms with van der Waals surface area (Å²) in [6, 6.07) is 9.97. The smallest absolute Gasteiger partial charge is 0.290 e. The third-order valence-corrected chi connectivity index (χ3v) is 5.32. The number of halogens is 1. The maximum atomic E-state index is 6.16. The van der Waals surface area contributed by atoms with Crippen molar-refractivity contribution in [1.29, 1.82) is 0 Å². The molecule has 0 unspecified atom stereocenters. The lowest BCUT2D eigenvalue weighted by atomic mass is 9.86. The van der Waals surface area contributed by atoms with Gasteiger partial charge in [-0.2, -0.15) is 0 Å². The highest BCUT2D eigenvalue weighted by Gasteiger charge is 2.36.